The molecule has 2 N–H and O–H groups in total. The molecule has 0 aliphatic rings. The summed E-state index contributed by atoms with van der Waals surface area (Å²) in [5.74, 6) is 0.524. The minimum Gasteiger partial charge on any atom is -0.493 e. The molecule has 9 nitrogen and oxygen atoms in total. The van der Waals surface area contributed by atoms with Crippen LogP contribution in [0.5, 0.6) is 5.75 Å². The second kappa shape index (κ2) is 7.08. The van der Waals surface area contributed by atoms with Crippen molar-refractivity contribution in [2.75, 3.05) is 12.4 Å². The van der Waals surface area contributed by atoms with Crippen LogP contribution in [0.25, 0.3) is 17.2 Å². The Kier molecular flexibility index (Phi) is 4.32. The van der Waals surface area contributed by atoms with Gasteiger partial charge in [0.05, 0.1) is 19.0 Å². The van der Waals surface area contributed by atoms with Crippen molar-refractivity contribution in [1.82, 2.24) is 29.9 Å². The fourth-order valence-electron chi connectivity index (χ4n) is 2.48. The van der Waals surface area contributed by atoms with Gasteiger partial charge in [-0.3, -0.25) is 15.1 Å². The lowest BCUT2D eigenvalue weighted by molar-refractivity contribution is 0.101. The number of nitrogens with one attached hydrogen (secondary N) is 2. The van der Waals surface area contributed by atoms with Crippen molar-refractivity contribution in [3.63, 3.8) is 0 Å². The van der Waals surface area contributed by atoms with Crippen LogP contribution in [-0.2, 0) is 0 Å². The number of rotatable bonds is 5. The van der Waals surface area contributed by atoms with Crippen LogP contribution in [0.15, 0.2) is 60.9 Å². The Morgan fingerprint density at radius 2 is 1.93 bits per heavy atom. The highest BCUT2D eigenvalue weighted by Gasteiger charge is 2.20. The maximum atomic E-state index is 12.6. The van der Waals surface area contributed by atoms with E-state index in [9.17, 15) is 4.79 Å². The van der Waals surface area contributed by atoms with Gasteiger partial charge in [0.15, 0.2) is 17.3 Å². The summed E-state index contributed by atoms with van der Waals surface area (Å²) in [6, 6.07) is 14.9. The Labute approximate surface area is 154 Å². The largest absolute Gasteiger partial charge is 0.493 e. The number of anilines is 1. The second-order valence-electron chi connectivity index (χ2n) is 5.52. The molecule has 0 atom stereocenters. The third-order valence-electron chi connectivity index (χ3n) is 3.76. The first-order chi connectivity index (χ1) is 13.2. The summed E-state index contributed by atoms with van der Waals surface area (Å²) in [5.41, 5.74) is 1.57. The van der Waals surface area contributed by atoms with Crippen molar-refractivity contribution in [1.29, 1.82) is 0 Å². The molecule has 0 aliphatic heterocycles. The number of H-pyrrole nitrogens is 1. The Bertz CT molecular complexity index is 1060. The number of carbonyl (C=O) groups excluding carboxylic acids is 1. The van der Waals surface area contributed by atoms with Crippen molar-refractivity contribution in [2.45, 2.75) is 0 Å². The Morgan fingerprint density at radius 1 is 1.11 bits per heavy atom. The summed E-state index contributed by atoms with van der Waals surface area (Å²) in [5, 5.41) is 14.9. The number of pyridine rings is 1. The van der Waals surface area contributed by atoms with Gasteiger partial charge < -0.3 is 9.72 Å². The molecular formula is C18H15N7O2. The number of methoxy groups -OCH3 is 1. The maximum absolute atomic E-state index is 12.6. The van der Waals surface area contributed by atoms with Crippen molar-refractivity contribution in [3.05, 3.63) is 66.6 Å². The molecule has 0 saturated heterocycles. The number of aromatic nitrogens is 6. The SMILES string of the molecule is COc1cn(-c2ccccc2)nc1C(=O)Nc1nnc(-c2ccccn2)[nH]1. The van der Waals surface area contributed by atoms with E-state index in [-0.39, 0.29) is 11.6 Å². The first-order valence-corrected chi connectivity index (χ1v) is 8.09. The highest BCUT2D eigenvalue weighted by atomic mass is 16.5. The van der Waals surface area contributed by atoms with Gasteiger partial charge in [-0.25, -0.2) is 4.68 Å². The third-order valence-corrected chi connectivity index (χ3v) is 3.76. The van der Waals surface area contributed by atoms with E-state index in [1.807, 2.05) is 36.4 Å². The average Bonchev–Trinajstić information content (AvgIpc) is 3.36. The van der Waals surface area contributed by atoms with Gasteiger partial charge in [0, 0.05) is 6.20 Å². The molecule has 134 valence electrons. The summed E-state index contributed by atoms with van der Waals surface area (Å²) >= 11 is 0. The number of nitrogens with zero attached hydrogens (tertiary/aromatic N) is 5. The minimum absolute atomic E-state index is 0.136. The van der Waals surface area contributed by atoms with Crippen molar-refractivity contribution >= 4 is 11.9 Å². The van der Waals surface area contributed by atoms with Crippen LogP contribution in [0.2, 0.25) is 0 Å². The van der Waals surface area contributed by atoms with Crippen LogP contribution in [-0.4, -0.2) is 43.0 Å². The van der Waals surface area contributed by atoms with Gasteiger partial charge >= 0.3 is 0 Å². The van der Waals surface area contributed by atoms with Gasteiger partial charge in [0.1, 0.15) is 5.69 Å². The molecule has 3 heterocycles. The van der Waals surface area contributed by atoms with Crippen LogP contribution in [0.4, 0.5) is 5.95 Å². The molecule has 0 spiro atoms. The van der Waals surface area contributed by atoms with E-state index in [0.717, 1.165) is 5.69 Å². The molecule has 0 radical (unpaired) electrons. The van der Waals surface area contributed by atoms with Crippen LogP contribution >= 0.6 is 0 Å². The number of para-hydroxylation sites is 1. The Morgan fingerprint density at radius 3 is 2.67 bits per heavy atom. The number of hydrogen-bond donors (Lipinski definition) is 2. The first-order valence-electron chi connectivity index (χ1n) is 8.09. The van der Waals surface area contributed by atoms with E-state index in [1.54, 1.807) is 29.2 Å². The van der Waals surface area contributed by atoms with Crippen molar-refractivity contribution < 1.29 is 9.53 Å². The van der Waals surface area contributed by atoms with Crippen molar-refractivity contribution in [2.24, 2.45) is 0 Å². The molecule has 3 aromatic heterocycles. The lowest BCUT2D eigenvalue weighted by atomic mass is 10.3. The number of ether oxygens (including phenoxy) is 1. The summed E-state index contributed by atoms with van der Waals surface area (Å²) < 4.78 is 6.86. The lowest BCUT2D eigenvalue weighted by Crippen LogP contribution is -2.15. The zero-order chi connectivity index (χ0) is 18.6. The molecule has 0 bridgehead atoms. The zero-order valence-corrected chi connectivity index (χ0v) is 14.3. The van der Waals surface area contributed by atoms with E-state index in [0.29, 0.717) is 17.3 Å². The number of hydrogen-bond acceptors (Lipinski definition) is 6. The van der Waals surface area contributed by atoms with Crippen LogP contribution in [0, 0.1) is 0 Å². The van der Waals surface area contributed by atoms with Gasteiger partial charge in [-0.05, 0) is 24.3 Å². The van der Waals surface area contributed by atoms with Crippen LogP contribution in [0.1, 0.15) is 10.5 Å². The fourth-order valence-corrected chi connectivity index (χ4v) is 2.48. The monoisotopic (exact) mass is 361 g/mol. The molecule has 9 heteroatoms. The molecule has 4 rings (SSSR count). The highest BCUT2D eigenvalue weighted by Crippen LogP contribution is 2.20. The normalized spacial score (nSPS) is 10.6. The Hall–Kier alpha value is -4.01. The molecule has 4 aromatic rings. The van der Waals surface area contributed by atoms with E-state index in [2.05, 4.69) is 30.6 Å². The molecule has 1 amide bonds. The number of carbonyl (C=O) groups is 1. The predicted octanol–water partition coefficient (Wildman–Crippen LogP) is 2.31. The van der Waals surface area contributed by atoms with Crippen LogP contribution in [0.3, 0.4) is 0 Å². The van der Waals surface area contributed by atoms with E-state index >= 15 is 0 Å². The summed E-state index contributed by atoms with van der Waals surface area (Å²) in [7, 11) is 1.48. The quantitative estimate of drug-likeness (QED) is 0.564. The van der Waals surface area contributed by atoms with E-state index < -0.39 is 5.91 Å². The third kappa shape index (κ3) is 3.38. The topological polar surface area (TPSA) is 111 Å². The highest BCUT2D eigenvalue weighted by molar-refractivity contribution is 6.03. The molecule has 0 saturated carbocycles. The predicted molar refractivity (Wildman–Crippen MR) is 97.7 cm³/mol. The summed E-state index contributed by atoms with van der Waals surface area (Å²) in [6.07, 6.45) is 3.29. The van der Waals surface area contributed by atoms with Gasteiger partial charge in [0.2, 0.25) is 5.95 Å². The molecule has 1 aromatic carbocycles. The Balaban J connectivity index is 1.57. The first kappa shape index (κ1) is 16.5. The molecule has 0 unspecified atom stereocenters. The van der Waals surface area contributed by atoms with Gasteiger partial charge in [-0.15, -0.1) is 10.2 Å². The fraction of sp³-hybridized carbons (Fsp3) is 0.0556. The smallest absolute Gasteiger partial charge is 0.282 e. The van der Waals surface area contributed by atoms with Crippen LogP contribution < -0.4 is 10.1 Å². The summed E-state index contributed by atoms with van der Waals surface area (Å²) in [4.78, 5) is 19.7. The minimum atomic E-state index is -0.467. The second-order valence-corrected chi connectivity index (χ2v) is 5.52. The summed E-state index contributed by atoms with van der Waals surface area (Å²) in [6.45, 7) is 0. The number of amides is 1. The van der Waals surface area contributed by atoms with E-state index in [4.69, 9.17) is 4.74 Å². The standard InChI is InChI=1S/C18H15N7O2/c1-27-14-11-25(12-7-3-2-4-8-12)24-15(14)17(26)21-18-20-16(22-23-18)13-9-5-6-10-19-13/h2-11H,1H3,(H2,20,21,22,23,26). The lowest BCUT2D eigenvalue weighted by Gasteiger charge is -2.00. The van der Waals surface area contributed by atoms with E-state index in [1.165, 1.54) is 7.11 Å². The molecular weight excluding hydrogens is 346 g/mol. The van der Waals surface area contributed by atoms with Gasteiger partial charge in [-0.2, -0.15) is 5.10 Å². The zero-order valence-electron chi connectivity index (χ0n) is 14.3. The van der Waals surface area contributed by atoms with Crippen molar-refractivity contribution in [3.8, 4) is 23.0 Å². The molecule has 0 fully saturated rings. The molecule has 27 heavy (non-hydrogen) atoms. The molecule has 0 aliphatic carbocycles. The number of benzene rings is 1. The number of aromatic amines is 1. The average molecular weight is 361 g/mol. The van der Waals surface area contributed by atoms with Gasteiger partial charge in [-0.1, -0.05) is 24.3 Å². The van der Waals surface area contributed by atoms with Gasteiger partial charge in [0.25, 0.3) is 5.91 Å². The maximum Gasteiger partial charge on any atom is 0.282 e.